The molecule has 142 valence electrons. The summed E-state index contributed by atoms with van der Waals surface area (Å²) < 4.78 is 11.6. The highest BCUT2D eigenvalue weighted by Crippen LogP contribution is 2.21. The number of nitrogens with one attached hydrogen (secondary N) is 1. The van der Waals surface area contributed by atoms with Crippen molar-refractivity contribution in [3.8, 4) is 11.5 Å². The average Bonchev–Trinajstić information content (AvgIpc) is 2.69. The molecule has 3 nitrogen and oxygen atoms in total. The molecule has 2 rings (SSSR count). The maximum atomic E-state index is 5.82. The molecule has 0 radical (unpaired) electrons. The summed E-state index contributed by atoms with van der Waals surface area (Å²) >= 11 is 0. The average molecular weight is 356 g/mol. The van der Waals surface area contributed by atoms with Crippen molar-refractivity contribution in [3.05, 3.63) is 54.1 Å². The lowest BCUT2D eigenvalue weighted by Crippen LogP contribution is -2.04. The number of benzene rings is 2. The van der Waals surface area contributed by atoms with E-state index >= 15 is 0 Å². The first-order chi connectivity index (χ1) is 12.8. The van der Waals surface area contributed by atoms with Crippen molar-refractivity contribution in [1.29, 1.82) is 0 Å². The molecule has 1 N–H and O–H groups in total. The Labute approximate surface area is 158 Å². The first-order valence-electron chi connectivity index (χ1n) is 10.0. The van der Waals surface area contributed by atoms with Gasteiger partial charge in [0.15, 0.2) is 0 Å². The van der Waals surface area contributed by atoms with Crippen LogP contribution < -0.4 is 14.8 Å². The second-order valence-electron chi connectivity index (χ2n) is 6.60. The Bertz CT molecular complexity index is 610. The fourth-order valence-electron chi connectivity index (χ4n) is 2.76. The van der Waals surface area contributed by atoms with E-state index in [-0.39, 0.29) is 0 Å². The molecule has 0 heterocycles. The van der Waals surface area contributed by atoms with Crippen molar-refractivity contribution in [3.63, 3.8) is 0 Å². The Morgan fingerprint density at radius 1 is 0.731 bits per heavy atom. The van der Waals surface area contributed by atoms with E-state index in [9.17, 15) is 0 Å². The van der Waals surface area contributed by atoms with Crippen LogP contribution in [0.25, 0.3) is 0 Å². The lowest BCUT2D eigenvalue weighted by molar-refractivity contribution is 0.304. The largest absolute Gasteiger partial charge is 0.494 e. The van der Waals surface area contributed by atoms with E-state index in [1.54, 1.807) is 0 Å². The fourth-order valence-corrected chi connectivity index (χ4v) is 2.76. The lowest BCUT2D eigenvalue weighted by atomic mass is 10.2. The third-order valence-electron chi connectivity index (χ3n) is 4.29. The van der Waals surface area contributed by atoms with E-state index in [1.165, 1.54) is 31.2 Å². The van der Waals surface area contributed by atoms with E-state index in [0.29, 0.717) is 0 Å². The molecule has 0 amide bonds. The quantitative estimate of drug-likeness (QED) is 0.420. The van der Waals surface area contributed by atoms with Crippen LogP contribution in [0, 0.1) is 0 Å². The lowest BCUT2D eigenvalue weighted by Gasteiger charge is -2.13. The normalized spacial score (nSPS) is 10.5. The van der Waals surface area contributed by atoms with Crippen LogP contribution in [-0.4, -0.2) is 13.2 Å². The predicted molar refractivity (Wildman–Crippen MR) is 110 cm³/mol. The highest BCUT2D eigenvalue weighted by molar-refractivity contribution is 5.47. The van der Waals surface area contributed by atoms with Crippen LogP contribution in [-0.2, 0) is 6.54 Å². The Morgan fingerprint density at radius 2 is 1.50 bits per heavy atom. The van der Waals surface area contributed by atoms with Crippen LogP contribution in [0.2, 0.25) is 0 Å². The van der Waals surface area contributed by atoms with Gasteiger partial charge in [0, 0.05) is 17.8 Å². The molecule has 3 heteroatoms. The number of rotatable bonds is 13. The number of unbranched alkanes of at least 4 members (excludes halogenated alkanes) is 4. The fraction of sp³-hybridized carbons (Fsp3) is 0.478. The molecule has 0 aliphatic rings. The molecule has 0 saturated carbocycles. The number of anilines is 1. The third kappa shape index (κ3) is 7.38. The second kappa shape index (κ2) is 12.2. The van der Waals surface area contributed by atoms with Gasteiger partial charge in [-0.3, -0.25) is 0 Å². The summed E-state index contributed by atoms with van der Waals surface area (Å²) in [6, 6.07) is 16.4. The zero-order valence-corrected chi connectivity index (χ0v) is 16.3. The van der Waals surface area contributed by atoms with Crippen molar-refractivity contribution in [2.45, 2.75) is 58.9 Å². The molecule has 26 heavy (non-hydrogen) atoms. The Balaban J connectivity index is 1.75. The minimum absolute atomic E-state index is 0.748. The van der Waals surface area contributed by atoms with Crippen LogP contribution in [0.3, 0.4) is 0 Å². The van der Waals surface area contributed by atoms with E-state index < -0.39 is 0 Å². The Kier molecular flexibility index (Phi) is 9.48. The molecular formula is C23H33NO2. The maximum absolute atomic E-state index is 5.82. The van der Waals surface area contributed by atoms with E-state index in [4.69, 9.17) is 9.47 Å². The van der Waals surface area contributed by atoms with Crippen LogP contribution in [0.15, 0.2) is 48.5 Å². The number of hydrogen-bond acceptors (Lipinski definition) is 3. The minimum atomic E-state index is 0.748. The first kappa shape index (κ1) is 20.2. The summed E-state index contributed by atoms with van der Waals surface area (Å²) in [5.41, 5.74) is 2.26. The Morgan fingerprint density at radius 3 is 2.27 bits per heavy atom. The highest BCUT2D eigenvalue weighted by atomic mass is 16.5. The molecule has 0 spiro atoms. The third-order valence-corrected chi connectivity index (χ3v) is 4.29. The molecule has 0 atom stereocenters. The van der Waals surface area contributed by atoms with E-state index in [2.05, 4.69) is 37.4 Å². The van der Waals surface area contributed by atoms with Crippen molar-refractivity contribution in [2.24, 2.45) is 0 Å². The summed E-state index contributed by atoms with van der Waals surface area (Å²) in [5, 5.41) is 3.46. The molecular weight excluding hydrogens is 322 g/mol. The standard InChI is InChI=1S/C23H33NO2/c1-3-5-6-7-10-18-25-22-15-13-21(14-16-22)24-19-20-11-8-9-12-23(20)26-17-4-2/h8-9,11-16,24H,3-7,10,17-19H2,1-2H3. The van der Waals surface area contributed by atoms with E-state index in [1.807, 2.05) is 30.3 Å². The van der Waals surface area contributed by atoms with Crippen LogP contribution in [0.4, 0.5) is 5.69 Å². The van der Waals surface area contributed by atoms with Crippen molar-refractivity contribution in [2.75, 3.05) is 18.5 Å². The van der Waals surface area contributed by atoms with Crippen LogP contribution in [0.5, 0.6) is 11.5 Å². The molecule has 0 unspecified atom stereocenters. The van der Waals surface area contributed by atoms with Gasteiger partial charge in [-0.15, -0.1) is 0 Å². The zero-order chi connectivity index (χ0) is 18.5. The predicted octanol–water partition coefficient (Wildman–Crippen LogP) is 6.44. The summed E-state index contributed by atoms with van der Waals surface area (Å²) in [6.07, 6.45) is 7.33. The molecule has 0 aromatic heterocycles. The number of ether oxygens (including phenoxy) is 2. The van der Waals surface area contributed by atoms with Gasteiger partial charge in [0.1, 0.15) is 11.5 Å². The van der Waals surface area contributed by atoms with Gasteiger partial charge in [0.25, 0.3) is 0 Å². The van der Waals surface area contributed by atoms with Gasteiger partial charge >= 0.3 is 0 Å². The molecule has 0 aliphatic carbocycles. The second-order valence-corrected chi connectivity index (χ2v) is 6.60. The molecule has 2 aromatic carbocycles. The van der Waals surface area contributed by atoms with Gasteiger partial charge in [-0.2, -0.15) is 0 Å². The smallest absolute Gasteiger partial charge is 0.124 e. The summed E-state index contributed by atoms with van der Waals surface area (Å²) in [5.74, 6) is 1.91. The molecule has 0 fully saturated rings. The monoisotopic (exact) mass is 355 g/mol. The van der Waals surface area contributed by atoms with Crippen molar-refractivity contribution < 1.29 is 9.47 Å². The summed E-state index contributed by atoms with van der Waals surface area (Å²) in [7, 11) is 0. The van der Waals surface area contributed by atoms with Crippen molar-refractivity contribution in [1.82, 2.24) is 0 Å². The number of para-hydroxylation sites is 1. The molecule has 0 bridgehead atoms. The summed E-state index contributed by atoms with van der Waals surface area (Å²) in [4.78, 5) is 0. The first-order valence-corrected chi connectivity index (χ1v) is 10.0. The minimum Gasteiger partial charge on any atom is -0.494 e. The molecule has 0 saturated heterocycles. The number of hydrogen-bond donors (Lipinski definition) is 1. The van der Waals surface area contributed by atoms with Crippen molar-refractivity contribution >= 4 is 5.69 Å². The maximum Gasteiger partial charge on any atom is 0.124 e. The van der Waals surface area contributed by atoms with Crippen LogP contribution >= 0.6 is 0 Å². The van der Waals surface area contributed by atoms with Gasteiger partial charge in [-0.05, 0) is 43.2 Å². The topological polar surface area (TPSA) is 30.5 Å². The van der Waals surface area contributed by atoms with Gasteiger partial charge in [0.2, 0.25) is 0 Å². The van der Waals surface area contributed by atoms with Crippen LogP contribution in [0.1, 0.15) is 57.9 Å². The molecule has 0 aliphatic heterocycles. The van der Waals surface area contributed by atoms with Gasteiger partial charge in [0.05, 0.1) is 13.2 Å². The zero-order valence-electron chi connectivity index (χ0n) is 16.3. The van der Waals surface area contributed by atoms with Gasteiger partial charge in [-0.1, -0.05) is 57.7 Å². The molecule has 2 aromatic rings. The summed E-state index contributed by atoms with van der Waals surface area (Å²) in [6.45, 7) is 6.66. The highest BCUT2D eigenvalue weighted by Gasteiger charge is 2.03. The van der Waals surface area contributed by atoms with Gasteiger partial charge in [-0.25, -0.2) is 0 Å². The Hall–Kier alpha value is -2.16. The van der Waals surface area contributed by atoms with E-state index in [0.717, 1.165) is 49.8 Å². The van der Waals surface area contributed by atoms with Gasteiger partial charge < -0.3 is 14.8 Å². The SMILES string of the molecule is CCCCCCCOc1ccc(NCc2ccccc2OCCC)cc1.